The van der Waals surface area contributed by atoms with Gasteiger partial charge in [0.05, 0.1) is 30.3 Å². The van der Waals surface area contributed by atoms with Gasteiger partial charge in [-0.2, -0.15) is 18.3 Å². The minimum absolute atomic E-state index is 0.259. The number of halogens is 3. The fourth-order valence-electron chi connectivity index (χ4n) is 3.07. The summed E-state index contributed by atoms with van der Waals surface area (Å²) < 4.78 is 51.7. The molecule has 0 fully saturated rings. The van der Waals surface area contributed by atoms with Gasteiger partial charge in [0.2, 0.25) is 0 Å². The zero-order chi connectivity index (χ0) is 22.0. The van der Waals surface area contributed by atoms with Crippen molar-refractivity contribution in [1.82, 2.24) is 19.6 Å². The van der Waals surface area contributed by atoms with E-state index in [-0.39, 0.29) is 5.56 Å². The van der Waals surface area contributed by atoms with E-state index in [0.29, 0.717) is 41.7 Å². The molecule has 2 N–H and O–H groups in total. The van der Waals surface area contributed by atoms with Gasteiger partial charge in [-0.15, -0.1) is 0 Å². The quantitative estimate of drug-likeness (QED) is 0.501. The number of hydrogen-bond donors (Lipinski definition) is 1. The molecule has 31 heavy (non-hydrogen) atoms. The van der Waals surface area contributed by atoms with Crippen LogP contribution in [0.5, 0.6) is 11.5 Å². The number of ether oxygens (including phenoxy) is 2. The molecule has 160 valence electrons. The molecule has 0 aliphatic heterocycles. The summed E-state index contributed by atoms with van der Waals surface area (Å²) in [6.45, 7) is 0.722. The van der Waals surface area contributed by atoms with E-state index in [2.05, 4.69) is 15.1 Å². The number of nitrogens with zero attached hydrogens (tertiary/aromatic N) is 4. The lowest BCUT2D eigenvalue weighted by molar-refractivity contribution is -0.137. The molecule has 10 heteroatoms. The molecule has 4 rings (SSSR count). The summed E-state index contributed by atoms with van der Waals surface area (Å²) >= 11 is 0. The first-order valence-electron chi connectivity index (χ1n) is 9.29. The van der Waals surface area contributed by atoms with E-state index in [1.54, 1.807) is 24.3 Å². The molecule has 3 aromatic heterocycles. The van der Waals surface area contributed by atoms with Crippen LogP contribution in [0.25, 0.3) is 28.2 Å². The predicted octanol–water partition coefficient (Wildman–Crippen LogP) is 3.82. The van der Waals surface area contributed by atoms with E-state index in [0.717, 1.165) is 17.8 Å². The van der Waals surface area contributed by atoms with Crippen LogP contribution in [0.4, 0.5) is 13.2 Å². The van der Waals surface area contributed by atoms with Crippen molar-refractivity contribution in [3.63, 3.8) is 0 Å². The molecule has 0 bridgehead atoms. The molecule has 0 aliphatic rings. The van der Waals surface area contributed by atoms with Gasteiger partial charge in [-0.05, 0) is 36.4 Å². The third-order valence-corrected chi connectivity index (χ3v) is 4.56. The maximum Gasteiger partial charge on any atom is 0.417 e. The lowest BCUT2D eigenvalue weighted by Crippen LogP contribution is -2.11. The molecular weight excluding hydrogens is 411 g/mol. The molecule has 4 aromatic rings. The Morgan fingerprint density at radius 1 is 1.00 bits per heavy atom. The van der Waals surface area contributed by atoms with E-state index in [1.807, 2.05) is 6.07 Å². The van der Waals surface area contributed by atoms with E-state index < -0.39 is 11.7 Å². The fraction of sp³-hybridized carbons (Fsp3) is 0.190. The molecule has 0 radical (unpaired) electrons. The van der Waals surface area contributed by atoms with Gasteiger partial charge < -0.3 is 15.2 Å². The van der Waals surface area contributed by atoms with Crippen LogP contribution in [0.1, 0.15) is 5.56 Å². The summed E-state index contributed by atoms with van der Waals surface area (Å²) in [7, 11) is 1.53. The minimum atomic E-state index is -4.49. The number of aromatic nitrogens is 4. The number of rotatable bonds is 6. The zero-order valence-corrected chi connectivity index (χ0v) is 16.4. The summed E-state index contributed by atoms with van der Waals surface area (Å²) in [5, 5.41) is 4.57. The van der Waals surface area contributed by atoms with Crippen molar-refractivity contribution in [1.29, 1.82) is 0 Å². The van der Waals surface area contributed by atoms with Crippen LogP contribution in [0, 0.1) is 0 Å². The lowest BCUT2D eigenvalue weighted by Gasteiger charge is -2.12. The van der Waals surface area contributed by atoms with Crippen molar-refractivity contribution in [3.05, 3.63) is 60.6 Å². The van der Waals surface area contributed by atoms with Crippen LogP contribution < -0.4 is 15.2 Å². The number of fused-ring (bicyclic) bond motifs is 1. The Hall–Kier alpha value is -3.66. The molecule has 7 nitrogen and oxygen atoms in total. The topological polar surface area (TPSA) is 87.6 Å². The van der Waals surface area contributed by atoms with Crippen LogP contribution in [0.3, 0.4) is 0 Å². The standard InChI is InChI=1S/C21H18F3N5O2/c1-30-19-9-13(2-4-18(19)31-7-6-25)16-3-5-20-27-12-17(29(20)28-16)14-8-15(11-26-10-14)21(22,23)24/h2-5,8-12H,6-7,25H2,1H3. The molecule has 0 unspecified atom stereocenters. The molecule has 0 aliphatic carbocycles. The summed E-state index contributed by atoms with van der Waals surface area (Å²) in [6.07, 6.45) is -0.897. The predicted molar refractivity (Wildman–Crippen MR) is 108 cm³/mol. The highest BCUT2D eigenvalue weighted by molar-refractivity contribution is 5.67. The molecule has 0 amide bonds. The third-order valence-electron chi connectivity index (χ3n) is 4.56. The highest BCUT2D eigenvalue weighted by Crippen LogP contribution is 2.33. The van der Waals surface area contributed by atoms with Gasteiger partial charge in [-0.1, -0.05) is 0 Å². The van der Waals surface area contributed by atoms with Crippen LogP contribution in [0.2, 0.25) is 0 Å². The Balaban J connectivity index is 1.76. The number of imidazole rings is 1. The van der Waals surface area contributed by atoms with Gasteiger partial charge in [-0.25, -0.2) is 9.50 Å². The second-order valence-corrected chi connectivity index (χ2v) is 6.59. The summed E-state index contributed by atoms with van der Waals surface area (Å²) in [4.78, 5) is 7.96. The fourth-order valence-corrected chi connectivity index (χ4v) is 3.07. The van der Waals surface area contributed by atoms with Gasteiger partial charge in [0.15, 0.2) is 17.1 Å². The SMILES string of the molecule is COc1cc(-c2ccc3ncc(-c4cncc(C(F)(F)F)c4)n3n2)ccc1OCCN. The van der Waals surface area contributed by atoms with Gasteiger partial charge in [0, 0.05) is 30.1 Å². The molecule has 1 aromatic carbocycles. The normalized spacial score (nSPS) is 11.6. The van der Waals surface area contributed by atoms with Crippen molar-refractivity contribution in [2.24, 2.45) is 5.73 Å². The highest BCUT2D eigenvalue weighted by Gasteiger charge is 2.31. The van der Waals surface area contributed by atoms with Crippen molar-refractivity contribution in [2.75, 3.05) is 20.3 Å². The van der Waals surface area contributed by atoms with E-state index >= 15 is 0 Å². The Bertz CT molecular complexity index is 1220. The third kappa shape index (κ3) is 4.15. The van der Waals surface area contributed by atoms with Crippen LogP contribution in [0.15, 0.2) is 55.0 Å². The molecule has 0 saturated heterocycles. The van der Waals surface area contributed by atoms with Crippen LogP contribution in [-0.2, 0) is 6.18 Å². The largest absolute Gasteiger partial charge is 0.493 e. The summed E-state index contributed by atoms with van der Waals surface area (Å²) in [5.74, 6) is 1.07. The lowest BCUT2D eigenvalue weighted by atomic mass is 10.1. The number of alkyl halides is 3. The minimum Gasteiger partial charge on any atom is -0.493 e. The van der Waals surface area contributed by atoms with Crippen LogP contribution in [-0.4, -0.2) is 39.8 Å². The number of nitrogens with two attached hydrogens (primary N) is 1. The van der Waals surface area contributed by atoms with Crippen molar-refractivity contribution >= 4 is 5.65 Å². The van der Waals surface area contributed by atoms with Crippen molar-refractivity contribution in [2.45, 2.75) is 6.18 Å². The second-order valence-electron chi connectivity index (χ2n) is 6.59. The smallest absolute Gasteiger partial charge is 0.417 e. The molecule has 0 saturated carbocycles. The number of methoxy groups -OCH3 is 1. The summed E-state index contributed by atoms with van der Waals surface area (Å²) in [6, 6.07) is 9.86. The average molecular weight is 429 g/mol. The van der Waals surface area contributed by atoms with Gasteiger partial charge in [0.1, 0.15) is 6.61 Å². The molecular formula is C21H18F3N5O2. The monoisotopic (exact) mass is 429 g/mol. The van der Waals surface area contributed by atoms with Crippen molar-refractivity contribution < 1.29 is 22.6 Å². The van der Waals surface area contributed by atoms with Gasteiger partial charge in [0.25, 0.3) is 0 Å². The van der Waals surface area contributed by atoms with Gasteiger partial charge in [-0.3, -0.25) is 4.98 Å². The Morgan fingerprint density at radius 3 is 2.58 bits per heavy atom. The van der Waals surface area contributed by atoms with E-state index in [1.165, 1.54) is 24.0 Å². The second kappa shape index (κ2) is 8.23. The average Bonchev–Trinajstić information content (AvgIpc) is 3.20. The first kappa shape index (κ1) is 20.6. The van der Waals surface area contributed by atoms with Gasteiger partial charge >= 0.3 is 6.18 Å². The Morgan fingerprint density at radius 2 is 1.84 bits per heavy atom. The molecule has 0 atom stereocenters. The van der Waals surface area contributed by atoms with Crippen LogP contribution >= 0.6 is 0 Å². The van der Waals surface area contributed by atoms with E-state index in [4.69, 9.17) is 15.2 Å². The van der Waals surface area contributed by atoms with E-state index in [9.17, 15) is 13.2 Å². The number of benzene rings is 1. The number of pyridine rings is 1. The molecule has 0 spiro atoms. The maximum atomic E-state index is 13.1. The maximum absolute atomic E-state index is 13.1. The first-order chi connectivity index (χ1) is 14.9. The molecule has 3 heterocycles. The van der Waals surface area contributed by atoms with Crippen molar-refractivity contribution in [3.8, 4) is 34.0 Å². The Kier molecular flexibility index (Phi) is 5.47. The first-order valence-corrected chi connectivity index (χ1v) is 9.29. The Labute approximate surface area is 175 Å². The zero-order valence-electron chi connectivity index (χ0n) is 16.4. The summed E-state index contributed by atoms with van der Waals surface area (Å²) in [5.41, 5.74) is 7.10. The highest BCUT2D eigenvalue weighted by atomic mass is 19.4. The number of hydrogen-bond acceptors (Lipinski definition) is 6.